The number of thiazole rings is 1. The molecule has 0 bridgehead atoms. The molecule has 2 N–H and O–H groups in total. The smallest absolute Gasteiger partial charge is 0.255 e. The van der Waals surface area contributed by atoms with E-state index in [1.54, 1.807) is 40.5 Å². The van der Waals surface area contributed by atoms with E-state index in [1.807, 2.05) is 39.2 Å². The zero-order chi connectivity index (χ0) is 18.7. The molecule has 0 aliphatic heterocycles. The topological polar surface area (TPSA) is 74.3 Å². The van der Waals surface area contributed by atoms with Gasteiger partial charge in [0.2, 0.25) is 5.91 Å². The van der Waals surface area contributed by atoms with Crippen molar-refractivity contribution in [2.45, 2.75) is 6.92 Å². The summed E-state index contributed by atoms with van der Waals surface area (Å²) in [4.78, 5) is 30.8. The molecule has 7 heteroatoms. The second-order valence-electron chi connectivity index (χ2n) is 6.20. The zero-order valence-corrected chi connectivity index (χ0v) is 15.7. The first-order valence-corrected chi connectivity index (χ1v) is 8.96. The molecule has 3 aromatic rings. The highest BCUT2D eigenvalue weighted by Crippen LogP contribution is 2.25. The Morgan fingerprint density at radius 3 is 2.46 bits per heavy atom. The SMILES string of the molecule is Cc1nc2cc(C(=O)Nc3ccccc3NC(=O)CN(C)C)ccc2s1. The Morgan fingerprint density at radius 2 is 1.77 bits per heavy atom. The first-order valence-electron chi connectivity index (χ1n) is 8.14. The number of anilines is 2. The highest BCUT2D eigenvalue weighted by Gasteiger charge is 2.12. The maximum atomic E-state index is 12.6. The molecule has 0 saturated heterocycles. The number of nitrogens with one attached hydrogen (secondary N) is 2. The Morgan fingerprint density at radius 1 is 1.08 bits per heavy atom. The highest BCUT2D eigenvalue weighted by molar-refractivity contribution is 7.18. The minimum absolute atomic E-state index is 0.143. The third kappa shape index (κ3) is 4.25. The van der Waals surface area contributed by atoms with Gasteiger partial charge in [0.1, 0.15) is 0 Å². The quantitative estimate of drug-likeness (QED) is 0.724. The van der Waals surface area contributed by atoms with Crippen LogP contribution in [0, 0.1) is 6.92 Å². The van der Waals surface area contributed by atoms with Gasteiger partial charge in [-0.2, -0.15) is 0 Å². The number of likely N-dealkylation sites (N-methyl/N-ethyl adjacent to an activating group) is 1. The maximum absolute atomic E-state index is 12.6. The first kappa shape index (κ1) is 18.0. The van der Waals surface area contributed by atoms with Crippen LogP contribution >= 0.6 is 11.3 Å². The van der Waals surface area contributed by atoms with E-state index in [1.165, 1.54) is 0 Å². The number of aromatic nitrogens is 1. The van der Waals surface area contributed by atoms with E-state index in [9.17, 15) is 9.59 Å². The molecule has 1 aromatic heterocycles. The summed E-state index contributed by atoms with van der Waals surface area (Å²) in [6.07, 6.45) is 0. The number of nitrogens with zero attached hydrogens (tertiary/aromatic N) is 2. The maximum Gasteiger partial charge on any atom is 0.255 e. The van der Waals surface area contributed by atoms with Gasteiger partial charge in [-0.1, -0.05) is 12.1 Å². The molecule has 0 spiro atoms. The molecule has 3 rings (SSSR count). The van der Waals surface area contributed by atoms with Gasteiger partial charge < -0.3 is 15.5 Å². The number of para-hydroxylation sites is 2. The standard InChI is InChI=1S/C19H20N4O2S/c1-12-20-16-10-13(8-9-17(16)26-12)19(25)22-15-7-5-4-6-14(15)21-18(24)11-23(2)3/h4-10H,11H2,1-3H3,(H,21,24)(H,22,25). The zero-order valence-electron chi connectivity index (χ0n) is 14.9. The lowest BCUT2D eigenvalue weighted by molar-refractivity contribution is -0.116. The predicted molar refractivity (Wildman–Crippen MR) is 106 cm³/mol. The third-order valence-corrected chi connectivity index (χ3v) is 4.62. The number of amides is 2. The van der Waals surface area contributed by atoms with Crippen LogP contribution in [-0.2, 0) is 4.79 Å². The number of benzene rings is 2. The molecule has 134 valence electrons. The molecule has 0 atom stereocenters. The van der Waals surface area contributed by atoms with Crippen molar-refractivity contribution in [2.24, 2.45) is 0 Å². The number of aryl methyl sites for hydroxylation is 1. The molecule has 0 saturated carbocycles. The van der Waals surface area contributed by atoms with Crippen molar-refractivity contribution in [1.82, 2.24) is 9.88 Å². The van der Waals surface area contributed by atoms with Crippen LogP contribution in [0.5, 0.6) is 0 Å². The lowest BCUT2D eigenvalue weighted by atomic mass is 10.2. The number of fused-ring (bicyclic) bond motifs is 1. The molecule has 2 amide bonds. The molecule has 2 aromatic carbocycles. The number of hydrogen-bond donors (Lipinski definition) is 2. The molecule has 0 fully saturated rings. The van der Waals surface area contributed by atoms with Crippen molar-refractivity contribution in [3.63, 3.8) is 0 Å². The van der Waals surface area contributed by atoms with Crippen molar-refractivity contribution in [2.75, 3.05) is 31.3 Å². The van der Waals surface area contributed by atoms with E-state index < -0.39 is 0 Å². The average molecular weight is 368 g/mol. The van der Waals surface area contributed by atoms with E-state index in [-0.39, 0.29) is 18.4 Å². The van der Waals surface area contributed by atoms with Gasteiger partial charge >= 0.3 is 0 Å². The number of rotatable bonds is 5. The number of carbonyl (C=O) groups excluding carboxylic acids is 2. The Bertz CT molecular complexity index is 965. The number of hydrogen-bond acceptors (Lipinski definition) is 5. The average Bonchev–Trinajstić information content (AvgIpc) is 2.94. The summed E-state index contributed by atoms with van der Waals surface area (Å²) < 4.78 is 1.05. The second-order valence-corrected chi connectivity index (χ2v) is 7.44. The molecule has 6 nitrogen and oxygen atoms in total. The lowest BCUT2D eigenvalue weighted by Crippen LogP contribution is -2.27. The van der Waals surface area contributed by atoms with Crippen LogP contribution in [0.25, 0.3) is 10.2 Å². The van der Waals surface area contributed by atoms with Gasteiger partial charge in [0.25, 0.3) is 5.91 Å². The van der Waals surface area contributed by atoms with E-state index >= 15 is 0 Å². The minimum Gasteiger partial charge on any atom is -0.323 e. The van der Waals surface area contributed by atoms with E-state index in [2.05, 4.69) is 15.6 Å². The van der Waals surface area contributed by atoms with Gasteiger partial charge in [-0.05, 0) is 51.4 Å². The third-order valence-electron chi connectivity index (χ3n) is 3.67. The Hall–Kier alpha value is -2.77. The molecule has 0 aliphatic rings. The van der Waals surface area contributed by atoms with Gasteiger partial charge in [-0.15, -0.1) is 11.3 Å². The van der Waals surface area contributed by atoms with Gasteiger partial charge in [0.15, 0.2) is 0 Å². The molecule has 1 heterocycles. The summed E-state index contributed by atoms with van der Waals surface area (Å²) in [5.41, 5.74) is 2.46. The fourth-order valence-corrected chi connectivity index (χ4v) is 3.36. The summed E-state index contributed by atoms with van der Waals surface area (Å²) in [6, 6.07) is 12.6. The monoisotopic (exact) mass is 368 g/mol. The van der Waals surface area contributed by atoms with Crippen LogP contribution in [0.3, 0.4) is 0 Å². The lowest BCUT2D eigenvalue weighted by Gasteiger charge is -2.14. The van der Waals surface area contributed by atoms with Crippen molar-refractivity contribution in [3.05, 3.63) is 53.0 Å². The van der Waals surface area contributed by atoms with E-state index in [0.717, 1.165) is 15.2 Å². The van der Waals surface area contributed by atoms with Crippen molar-refractivity contribution in [1.29, 1.82) is 0 Å². The highest BCUT2D eigenvalue weighted by atomic mass is 32.1. The Labute approximate surface area is 155 Å². The van der Waals surface area contributed by atoms with Gasteiger partial charge in [-0.3, -0.25) is 9.59 Å². The van der Waals surface area contributed by atoms with Gasteiger partial charge in [0.05, 0.1) is 33.1 Å². The summed E-state index contributed by atoms with van der Waals surface area (Å²) in [5, 5.41) is 6.66. The largest absolute Gasteiger partial charge is 0.323 e. The first-order chi connectivity index (χ1) is 12.4. The van der Waals surface area contributed by atoms with Crippen LogP contribution in [0.1, 0.15) is 15.4 Å². The molecule has 0 aliphatic carbocycles. The fourth-order valence-electron chi connectivity index (χ4n) is 2.56. The van der Waals surface area contributed by atoms with Crippen molar-refractivity contribution >= 4 is 44.7 Å². The van der Waals surface area contributed by atoms with Crippen LogP contribution in [0.15, 0.2) is 42.5 Å². The van der Waals surface area contributed by atoms with E-state index in [0.29, 0.717) is 16.9 Å². The normalized spacial score (nSPS) is 10.9. The predicted octanol–water partition coefficient (Wildman–Crippen LogP) is 3.36. The summed E-state index contributed by atoms with van der Waals surface area (Å²) in [5.74, 6) is -0.386. The van der Waals surface area contributed by atoms with E-state index in [4.69, 9.17) is 0 Å². The second kappa shape index (κ2) is 7.63. The van der Waals surface area contributed by atoms with Crippen LogP contribution in [0.2, 0.25) is 0 Å². The summed E-state index contributed by atoms with van der Waals surface area (Å²) >= 11 is 1.60. The molecule has 0 unspecified atom stereocenters. The van der Waals surface area contributed by atoms with Crippen LogP contribution in [0.4, 0.5) is 11.4 Å². The minimum atomic E-state index is -0.244. The van der Waals surface area contributed by atoms with Crippen molar-refractivity contribution in [3.8, 4) is 0 Å². The van der Waals surface area contributed by atoms with Gasteiger partial charge in [-0.25, -0.2) is 4.98 Å². The number of carbonyl (C=O) groups is 2. The molecule has 26 heavy (non-hydrogen) atoms. The molecular weight excluding hydrogens is 348 g/mol. The summed E-state index contributed by atoms with van der Waals surface area (Å²) in [7, 11) is 3.65. The molecule has 0 radical (unpaired) electrons. The van der Waals surface area contributed by atoms with Crippen LogP contribution in [-0.4, -0.2) is 42.3 Å². The molecular formula is C19H20N4O2S. The Balaban J connectivity index is 1.79. The summed E-state index contributed by atoms with van der Waals surface area (Å²) in [6.45, 7) is 2.21. The fraction of sp³-hybridized carbons (Fsp3) is 0.211. The van der Waals surface area contributed by atoms with Crippen LogP contribution < -0.4 is 10.6 Å². The van der Waals surface area contributed by atoms with Gasteiger partial charge in [0, 0.05) is 5.56 Å². The Kier molecular flexibility index (Phi) is 5.29. The van der Waals surface area contributed by atoms with Crippen molar-refractivity contribution < 1.29 is 9.59 Å².